The zero-order valence-electron chi connectivity index (χ0n) is 13.0. The zero-order chi connectivity index (χ0) is 17.7. The van der Waals surface area contributed by atoms with Crippen molar-refractivity contribution in [2.24, 2.45) is 0 Å². The number of nitrogens with one attached hydrogen (secondary N) is 2. The Morgan fingerprint density at radius 1 is 1.42 bits per heavy atom. The van der Waals surface area contributed by atoms with Crippen LogP contribution in [0.3, 0.4) is 0 Å². The number of carbonyl (C=O) groups is 3. The molecule has 0 aromatic heterocycles. The molecule has 1 heterocycles. The fraction of sp³-hybridized carbons (Fsp3) is 0.400. The first-order valence-electron chi connectivity index (χ1n) is 7.31. The third-order valence-electron chi connectivity index (χ3n) is 3.70. The average Bonchev–Trinajstić information content (AvgIpc) is 3.00. The second kappa shape index (κ2) is 7.53. The van der Waals surface area contributed by atoms with Crippen molar-refractivity contribution >= 4 is 23.5 Å². The highest BCUT2D eigenvalue weighted by Crippen LogP contribution is 2.14. The Morgan fingerprint density at radius 3 is 2.58 bits per heavy atom. The number of nitro groups is 1. The monoisotopic (exact) mass is 335 g/mol. The van der Waals surface area contributed by atoms with E-state index in [0.29, 0.717) is 12.0 Å². The number of non-ortho nitro benzene ring substituents is 1. The third-order valence-corrected chi connectivity index (χ3v) is 3.70. The minimum atomic E-state index is -0.943. The molecule has 2 N–H and O–H groups in total. The number of carbonyl (C=O) groups excluding carboxylic acids is 3. The van der Waals surface area contributed by atoms with E-state index >= 15 is 0 Å². The lowest BCUT2D eigenvalue weighted by atomic mass is 10.0. The van der Waals surface area contributed by atoms with E-state index < -0.39 is 28.9 Å². The summed E-state index contributed by atoms with van der Waals surface area (Å²) in [4.78, 5) is 45.3. The molecule has 9 heteroatoms. The number of methoxy groups -OCH3 is 1. The largest absolute Gasteiger partial charge is 0.467 e. The summed E-state index contributed by atoms with van der Waals surface area (Å²) < 4.78 is 4.68. The molecule has 24 heavy (non-hydrogen) atoms. The first kappa shape index (κ1) is 17.4. The minimum absolute atomic E-state index is 0.0638. The van der Waals surface area contributed by atoms with Crippen molar-refractivity contribution in [1.29, 1.82) is 0 Å². The summed E-state index contributed by atoms with van der Waals surface area (Å²) in [5, 5.41) is 15.7. The quantitative estimate of drug-likeness (QED) is 0.430. The summed E-state index contributed by atoms with van der Waals surface area (Å²) >= 11 is 0. The van der Waals surface area contributed by atoms with Gasteiger partial charge in [0.1, 0.15) is 12.1 Å². The van der Waals surface area contributed by atoms with Crippen molar-refractivity contribution < 1.29 is 24.0 Å². The second-order valence-electron chi connectivity index (χ2n) is 5.37. The third kappa shape index (κ3) is 4.28. The van der Waals surface area contributed by atoms with Crippen LogP contribution in [0, 0.1) is 10.1 Å². The van der Waals surface area contributed by atoms with Gasteiger partial charge in [0.15, 0.2) is 0 Å². The number of hydrogen-bond acceptors (Lipinski definition) is 6. The van der Waals surface area contributed by atoms with Crippen molar-refractivity contribution in [3.05, 3.63) is 39.9 Å². The van der Waals surface area contributed by atoms with Gasteiger partial charge in [0.05, 0.1) is 12.0 Å². The van der Waals surface area contributed by atoms with Gasteiger partial charge in [-0.15, -0.1) is 0 Å². The van der Waals surface area contributed by atoms with Crippen molar-refractivity contribution in [2.75, 3.05) is 7.11 Å². The Bertz CT molecular complexity index is 658. The standard InChI is InChI=1S/C15H17N3O6/c1-24-15(21)12(17-14(20)11-6-7-13(19)16-11)8-9-2-4-10(5-3-9)18(22)23/h2-5,11-12H,6-8H2,1H3,(H,16,19)(H,17,20)/t11-,12-/m1/s1. The van der Waals surface area contributed by atoms with Crippen LogP contribution >= 0.6 is 0 Å². The molecule has 1 aromatic rings. The van der Waals surface area contributed by atoms with Gasteiger partial charge in [-0.2, -0.15) is 0 Å². The van der Waals surface area contributed by atoms with Crippen molar-refractivity contribution in [3.63, 3.8) is 0 Å². The number of nitro benzene ring substituents is 1. The molecule has 1 aromatic carbocycles. The number of hydrogen-bond donors (Lipinski definition) is 2. The first-order valence-corrected chi connectivity index (χ1v) is 7.31. The van der Waals surface area contributed by atoms with E-state index in [9.17, 15) is 24.5 Å². The number of benzene rings is 1. The number of esters is 1. The predicted molar refractivity (Wildman–Crippen MR) is 81.9 cm³/mol. The van der Waals surface area contributed by atoms with Gasteiger partial charge in [0.2, 0.25) is 11.8 Å². The van der Waals surface area contributed by atoms with Gasteiger partial charge in [-0.1, -0.05) is 12.1 Å². The molecule has 0 radical (unpaired) electrons. The van der Waals surface area contributed by atoms with Crippen molar-refractivity contribution in [2.45, 2.75) is 31.3 Å². The Kier molecular flexibility index (Phi) is 5.46. The number of ether oxygens (including phenoxy) is 1. The van der Waals surface area contributed by atoms with Crippen molar-refractivity contribution in [1.82, 2.24) is 10.6 Å². The molecule has 0 saturated carbocycles. The van der Waals surface area contributed by atoms with E-state index in [1.54, 1.807) is 0 Å². The molecule has 1 saturated heterocycles. The summed E-state index contributed by atoms with van der Waals surface area (Å²) in [5.74, 6) is -1.30. The van der Waals surface area contributed by atoms with Crippen LogP contribution in [0.25, 0.3) is 0 Å². The van der Waals surface area contributed by atoms with Gasteiger partial charge in [0.25, 0.3) is 5.69 Å². The maximum Gasteiger partial charge on any atom is 0.328 e. The van der Waals surface area contributed by atoms with Crippen LogP contribution in [0.4, 0.5) is 5.69 Å². The molecule has 128 valence electrons. The molecule has 9 nitrogen and oxygen atoms in total. The lowest BCUT2D eigenvalue weighted by molar-refractivity contribution is -0.384. The van der Waals surface area contributed by atoms with E-state index in [0.717, 1.165) is 0 Å². The van der Waals surface area contributed by atoms with E-state index in [1.165, 1.54) is 31.4 Å². The highest BCUT2D eigenvalue weighted by molar-refractivity contribution is 5.93. The molecule has 0 aliphatic carbocycles. The summed E-state index contributed by atoms with van der Waals surface area (Å²) in [5.41, 5.74) is 0.567. The predicted octanol–water partition coefficient (Wildman–Crippen LogP) is 0.0737. The number of amides is 2. The molecular formula is C15H17N3O6. The molecule has 2 atom stereocenters. The molecule has 2 amide bonds. The van der Waals surface area contributed by atoms with Crippen LogP contribution in [-0.2, 0) is 25.5 Å². The van der Waals surface area contributed by atoms with Gasteiger partial charge in [0, 0.05) is 25.0 Å². The van der Waals surface area contributed by atoms with E-state index in [-0.39, 0.29) is 24.4 Å². The summed E-state index contributed by atoms with van der Waals surface area (Å²) in [6, 6.07) is 4.06. The number of nitrogens with zero attached hydrogens (tertiary/aromatic N) is 1. The summed E-state index contributed by atoms with van der Waals surface area (Å²) in [7, 11) is 1.20. The Balaban J connectivity index is 2.05. The molecule has 0 spiro atoms. The van der Waals surface area contributed by atoms with Crippen LogP contribution in [0.2, 0.25) is 0 Å². The second-order valence-corrected chi connectivity index (χ2v) is 5.37. The van der Waals surface area contributed by atoms with E-state index in [2.05, 4.69) is 15.4 Å². The van der Waals surface area contributed by atoms with E-state index in [1.807, 2.05) is 0 Å². The van der Waals surface area contributed by atoms with Crippen LogP contribution in [-0.4, -0.2) is 41.9 Å². The zero-order valence-corrected chi connectivity index (χ0v) is 13.0. The van der Waals surface area contributed by atoms with Gasteiger partial charge in [-0.25, -0.2) is 4.79 Å². The van der Waals surface area contributed by atoms with Gasteiger partial charge in [-0.05, 0) is 12.0 Å². The molecule has 1 fully saturated rings. The van der Waals surface area contributed by atoms with Crippen LogP contribution in [0.15, 0.2) is 24.3 Å². The lowest BCUT2D eigenvalue weighted by Gasteiger charge is -2.19. The Labute approximate surface area is 137 Å². The van der Waals surface area contributed by atoms with Gasteiger partial charge >= 0.3 is 5.97 Å². The average molecular weight is 335 g/mol. The number of rotatable bonds is 6. The topological polar surface area (TPSA) is 128 Å². The molecule has 0 bridgehead atoms. The fourth-order valence-corrected chi connectivity index (χ4v) is 2.41. The van der Waals surface area contributed by atoms with E-state index in [4.69, 9.17) is 0 Å². The van der Waals surface area contributed by atoms with Crippen LogP contribution < -0.4 is 10.6 Å². The molecule has 1 aliphatic rings. The Hall–Kier alpha value is -2.97. The normalized spacial score (nSPS) is 17.7. The minimum Gasteiger partial charge on any atom is -0.467 e. The summed E-state index contributed by atoms with van der Waals surface area (Å²) in [6.45, 7) is 0. The fourth-order valence-electron chi connectivity index (χ4n) is 2.41. The first-order chi connectivity index (χ1) is 11.4. The van der Waals surface area contributed by atoms with Gasteiger partial charge < -0.3 is 15.4 Å². The smallest absolute Gasteiger partial charge is 0.328 e. The molecule has 0 unspecified atom stereocenters. The highest BCUT2D eigenvalue weighted by Gasteiger charge is 2.30. The molecular weight excluding hydrogens is 318 g/mol. The maximum atomic E-state index is 12.1. The lowest BCUT2D eigenvalue weighted by Crippen LogP contribution is -2.49. The van der Waals surface area contributed by atoms with Gasteiger partial charge in [-0.3, -0.25) is 19.7 Å². The maximum absolute atomic E-state index is 12.1. The van der Waals surface area contributed by atoms with Crippen molar-refractivity contribution in [3.8, 4) is 0 Å². The summed E-state index contributed by atoms with van der Waals surface area (Å²) in [6.07, 6.45) is 0.760. The van der Waals surface area contributed by atoms with Crippen LogP contribution in [0.1, 0.15) is 18.4 Å². The SMILES string of the molecule is COC(=O)[C@@H](Cc1ccc([N+](=O)[O-])cc1)NC(=O)[C@H]1CCC(=O)N1. The molecule has 2 rings (SSSR count). The van der Waals surface area contributed by atoms with Crippen LogP contribution in [0.5, 0.6) is 0 Å². The molecule has 1 aliphatic heterocycles. The highest BCUT2D eigenvalue weighted by atomic mass is 16.6. The Morgan fingerprint density at radius 2 is 2.08 bits per heavy atom.